The van der Waals surface area contributed by atoms with Crippen LogP contribution in [0.5, 0.6) is 0 Å². The first-order valence-electron chi connectivity index (χ1n) is 8.68. The van der Waals surface area contributed by atoms with Crippen molar-refractivity contribution in [1.82, 2.24) is 5.32 Å². The fourth-order valence-electron chi connectivity index (χ4n) is 3.39. The summed E-state index contributed by atoms with van der Waals surface area (Å²) in [6.07, 6.45) is 7.06. The number of hydrogen-bond acceptors (Lipinski definition) is 2. The summed E-state index contributed by atoms with van der Waals surface area (Å²) >= 11 is 0. The lowest BCUT2D eigenvalue weighted by atomic mass is 9.81. The number of carbonyl (C=O) groups is 2. The Morgan fingerprint density at radius 2 is 1.78 bits per heavy atom. The molecular weight excluding hydrogens is 290 g/mol. The summed E-state index contributed by atoms with van der Waals surface area (Å²) in [6.45, 7) is 3.01. The number of carboxylic acids is 1. The summed E-state index contributed by atoms with van der Waals surface area (Å²) in [6, 6.07) is 6.88. The van der Waals surface area contributed by atoms with Crippen molar-refractivity contribution in [3.05, 3.63) is 35.4 Å². The van der Waals surface area contributed by atoms with E-state index in [1.54, 1.807) is 18.2 Å². The Morgan fingerprint density at radius 3 is 2.43 bits per heavy atom. The van der Waals surface area contributed by atoms with Crippen LogP contribution in [0.15, 0.2) is 24.3 Å². The summed E-state index contributed by atoms with van der Waals surface area (Å²) in [5.41, 5.74) is 1.01. The Hall–Kier alpha value is -1.84. The monoisotopic (exact) mass is 317 g/mol. The molecule has 1 saturated carbocycles. The van der Waals surface area contributed by atoms with Crippen LogP contribution in [0.3, 0.4) is 0 Å². The van der Waals surface area contributed by atoms with E-state index in [4.69, 9.17) is 5.11 Å². The number of benzene rings is 1. The number of nitrogens with one attached hydrogen (secondary N) is 1. The van der Waals surface area contributed by atoms with Gasteiger partial charge >= 0.3 is 5.97 Å². The van der Waals surface area contributed by atoms with Gasteiger partial charge in [0.1, 0.15) is 0 Å². The number of hydrogen-bond donors (Lipinski definition) is 2. The van der Waals surface area contributed by atoms with Crippen molar-refractivity contribution < 1.29 is 14.7 Å². The van der Waals surface area contributed by atoms with E-state index < -0.39 is 5.97 Å². The Balaban J connectivity index is 1.73. The van der Waals surface area contributed by atoms with Crippen LogP contribution in [0.1, 0.15) is 61.4 Å². The van der Waals surface area contributed by atoms with Crippen LogP contribution in [0.4, 0.5) is 0 Å². The summed E-state index contributed by atoms with van der Waals surface area (Å²) < 4.78 is 0. The molecule has 1 aromatic rings. The van der Waals surface area contributed by atoms with E-state index in [-0.39, 0.29) is 11.5 Å². The molecule has 0 radical (unpaired) electrons. The van der Waals surface area contributed by atoms with Crippen LogP contribution in [-0.2, 0) is 11.2 Å². The molecule has 1 aliphatic rings. The van der Waals surface area contributed by atoms with Crippen LogP contribution in [-0.4, -0.2) is 23.5 Å². The van der Waals surface area contributed by atoms with E-state index in [2.05, 4.69) is 12.2 Å². The van der Waals surface area contributed by atoms with Gasteiger partial charge in [0.05, 0.1) is 5.56 Å². The van der Waals surface area contributed by atoms with Crippen molar-refractivity contribution in [2.75, 3.05) is 6.54 Å². The first kappa shape index (κ1) is 17.5. The molecule has 1 aromatic carbocycles. The molecule has 0 heterocycles. The molecule has 4 nitrogen and oxygen atoms in total. The van der Waals surface area contributed by atoms with Gasteiger partial charge < -0.3 is 10.4 Å². The van der Waals surface area contributed by atoms with Crippen LogP contribution >= 0.6 is 0 Å². The predicted molar refractivity (Wildman–Crippen MR) is 90.5 cm³/mol. The van der Waals surface area contributed by atoms with E-state index in [0.717, 1.165) is 18.0 Å². The molecule has 1 fully saturated rings. The average Bonchev–Trinajstić information content (AvgIpc) is 2.58. The maximum absolute atomic E-state index is 12.0. The predicted octanol–water partition coefficient (Wildman–Crippen LogP) is 3.65. The van der Waals surface area contributed by atoms with E-state index in [1.165, 1.54) is 32.1 Å². The maximum Gasteiger partial charge on any atom is 0.335 e. The van der Waals surface area contributed by atoms with Crippen LogP contribution in [0.25, 0.3) is 0 Å². The van der Waals surface area contributed by atoms with E-state index in [9.17, 15) is 9.59 Å². The molecule has 0 saturated heterocycles. The third-order valence-electron chi connectivity index (χ3n) is 5.00. The average molecular weight is 317 g/mol. The Bertz CT molecular complexity index is 533. The summed E-state index contributed by atoms with van der Waals surface area (Å²) in [4.78, 5) is 23.2. The van der Waals surface area contributed by atoms with Crippen molar-refractivity contribution in [3.8, 4) is 0 Å². The second kappa shape index (κ2) is 8.70. The second-order valence-electron chi connectivity index (χ2n) is 6.56. The van der Waals surface area contributed by atoms with Gasteiger partial charge in [-0.1, -0.05) is 44.4 Å². The van der Waals surface area contributed by atoms with E-state index in [1.807, 2.05) is 6.07 Å². The Kier molecular flexibility index (Phi) is 6.63. The minimum Gasteiger partial charge on any atom is -0.478 e. The quantitative estimate of drug-likeness (QED) is 0.806. The summed E-state index contributed by atoms with van der Waals surface area (Å²) in [7, 11) is 0. The maximum atomic E-state index is 12.0. The van der Waals surface area contributed by atoms with Gasteiger partial charge in [-0.15, -0.1) is 0 Å². The molecule has 0 unspecified atom stereocenters. The molecule has 1 aliphatic carbocycles. The highest BCUT2D eigenvalue weighted by molar-refractivity contribution is 5.89. The molecular formula is C19H27NO3. The zero-order chi connectivity index (χ0) is 16.7. The Labute approximate surface area is 138 Å². The SMILES string of the molecule is CCC1CCC(CNC(=O)CCc2ccccc2C(=O)O)CC1. The topological polar surface area (TPSA) is 66.4 Å². The van der Waals surface area contributed by atoms with Crippen molar-refractivity contribution in [2.24, 2.45) is 11.8 Å². The molecule has 126 valence electrons. The molecule has 0 atom stereocenters. The molecule has 0 spiro atoms. The van der Waals surface area contributed by atoms with Gasteiger partial charge in [-0.25, -0.2) is 4.79 Å². The fraction of sp³-hybridized carbons (Fsp3) is 0.579. The summed E-state index contributed by atoms with van der Waals surface area (Å²) in [5, 5.41) is 12.2. The number of rotatable bonds is 7. The minimum atomic E-state index is -0.936. The van der Waals surface area contributed by atoms with Gasteiger partial charge in [0, 0.05) is 13.0 Å². The standard InChI is InChI=1S/C19H27NO3/c1-2-14-7-9-15(10-8-14)13-20-18(21)12-11-16-5-3-4-6-17(16)19(22)23/h3-6,14-15H,2,7-13H2,1H3,(H,20,21)(H,22,23). The van der Waals surface area contributed by atoms with Crippen molar-refractivity contribution in [3.63, 3.8) is 0 Å². The normalized spacial score (nSPS) is 20.9. The van der Waals surface area contributed by atoms with Crippen LogP contribution < -0.4 is 5.32 Å². The van der Waals surface area contributed by atoms with Crippen molar-refractivity contribution in [2.45, 2.75) is 51.9 Å². The van der Waals surface area contributed by atoms with Crippen LogP contribution in [0.2, 0.25) is 0 Å². The molecule has 4 heteroatoms. The van der Waals surface area contributed by atoms with Gasteiger partial charge in [0.15, 0.2) is 0 Å². The van der Waals surface area contributed by atoms with Crippen molar-refractivity contribution in [1.29, 1.82) is 0 Å². The highest BCUT2D eigenvalue weighted by atomic mass is 16.4. The molecule has 1 amide bonds. The zero-order valence-electron chi connectivity index (χ0n) is 13.9. The Morgan fingerprint density at radius 1 is 1.13 bits per heavy atom. The first-order chi connectivity index (χ1) is 11.1. The number of carbonyl (C=O) groups excluding carboxylic acids is 1. The fourth-order valence-corrected chi connectivity index (χ4v) is 3.39. The lowest BCUT2D eigenvalue weighted by molar-refractivity contribution is -0.121. The third kappa shape index (κ3) is 5.38. The molecule has 0 aliphatic heterocycles. The third-order valence-corrected chi connectivity index (χ3v) is 5.00. The van der Waals surface area contributed by atoms with Gasteiger partial charge in [-0.3, -0.25) is 4.79 Å². The summed E-state index contributed by atoms with van der Waals surface area (Å²) in [5.74, 6) is 0.555. The van der Waals surface area contributed by atoms with Crippen LogP contribution in [0, 0.1) is 11.8 Å². The smallest absolute Gasteiger partial charge is 0.335 e. The molecule has 2 N–H and O–H groups in total. The molecule has 0 bridgehead atoms. The number of carboxylic acid groups (broad SMARTS) is 1. The van der Waals surface area contributed by atoms with Gasteiger partial charge in [0.25, 0.3) is 0 Å². The van der Waals surface area contributed by atoms with E-state index >= 15 is 0 Å². The van der Waals surface area contributed by atoms with E-state index in [0.29, 0.717) is 18.8 Å². The highest BCUT2D eigenvalue weighted by Gasteiger charge is 2.20. The molecule has 23 heavy (non-hydrogen) atoms. The number of aromatic carboxylic acids is 1. The van der Waals surface area contributed by atoms with Gasteiger partial charge in [-0.2, -0.15) is 0 Å². The minimum absolute atomic E-state index is 0.0165. The lowest BCUT2D eigenvalue weighted by Gasteiger charge is -2.27. The number of amides is 1. The zero-order valence-corrected chi connectivity index (χ0v) is 13.9. The van der Waals surface area contributed by atoms with Gasteiger partial charge in [0.2, 0.25) is 5.91 Å². The van der Waals surface area contributed by atoms with Gasteiger partial charge in [-0.05, 0) is 42.7 Å². The molecule has 0 aromatic heterocycles. The number of aryl methyl sites for hydroxylation is 1. The molecule has 2 rings (SSSR count). The largest absolute Gasteiger partial charge is 0.478 e. The second-order valence-corrected chi connectivity index (χ2v) is 6.56. The van der Waals surface area contributed by atoms with Crippen molar-refractivity contribution >= 4 is 11.9 Å². The first-order valence-corrected chi connectivity index (χ1v) is 8.68. The highest BCUT2D eigenvalue weighted by Crippen LogP contribution is 2.30. The lowest BCUT2D eigenvalue weighted by Crippen LogP contribution is -2.31.